The van der Waals surface area contributed by atoms with Gasteiger partial charge in [0.05, 0.1) is 29.9 Å². The molecule has 1 N–H and O–H groups in total. The SMILES string of the molecule is CC(=O)C1=CC(Cl)(N2CCOc3c(C(=O)Nc4ccc(C(F)(F)F)cc4)cccc32)CN=C1. The number of anilines is 2. The van der Waals surface area contributed by atoms with E-state index in [9.17, 15) is 22.8 Å². The topological polar surface area (TPSA) is 71.0 Å². The second-order valence-corrected chi connectivity index (χ2v) is 8.28. The van der Waals surface area contributed by atoms with Crippen molar-refractivity contribution < 1.29 is 27.5 Å². The first-order valence-corrected chi connectivity index (χ1v) is 10.4. The number of benzene rings is 2. The first-order valence-electron chi connectivity index (χ1n) is 10.0. The second kappa shape index (κ2) is 8.55. The third-order valence-corrected chi connectivity index (χ3v) is 5.77. The van der Waals surface area contributed by atoms with E-state index in [1.165, 1.54) is 25.3 Å². The predicted octanol–water partition coefficient (Wildman–Crippen LogP) is 4.69. The lowest BCUT2D eigenvalue weighted by Crippen LogP contribution is -2.50. The summed E-state index contributed by atoms with van der Waals surface area (Å²) in [5.41, 5.74) is 0.542. The molecule has 1 amide bonds. The number of nitrogens with zero attached hydrogens (tertiary/aromatic N) is 2. The maximum atomic E-state index is 12.9. The van der Waals surface area contributed by atoms with Gasteiger partial charge in [-0.3, -0.25) is 14.6 Å². The van der Waals surface area contributed by atoms with Crippen molar-refractivity contribution >= 4 is 40.9 Å². The van der Waals surface area contributed by atoms with E-state index < -0.39 is 22.6 Å². The number of fused-ring (bicyclic) bond motifs is 1. The maximum absolute atomic E-state index is 12.9. The number of dihydropyridines is 1. The molecule has 2 aromatic carbocycles. The van der Waals surface area contributed by atoms with Crippen molar-refractivity contribution in [3.63, 3.8) is 0 Å². The van der Waals surface area contributed by atoms with Crippen LogP contribution in [0.25, 0.3) is 0 Å². The number of alkyl halides is 4. The zero-order valence-corrected chi connectivity index (χ0v) is 18.2. The quantitative estimate of drug-likeness (QED) is 0.512. The normalized spacial score (nSPS) is 19.9. The second-order valence-electron chi connectivity index (χ2n) is 7.63. The zero-order chi connectivity index (χ0) is 23.8. The Morgan fingerprint density at radius 1 is 1.18 bits per heavy atom. The monoisotopic (exact) mass is 477 g/mol. The molecule has 4 rings (SSSR count). The standard InChI is InChI=1S/C23H19ClF3N3O3/c1-14(31)15-11-22(24,13-28-12-15)30-9-10-33-20-18(3-2-4-19(20)30)21(32)29-17-7-5-16(6-8-17)23(25,26)27/h2-8,11-12H,9-10,13H2,1H3,(H,29,32). The van der Waals surface area contributed by atoms with Crippen LogP contribution in [0, 0.1) is 0 Å². The Morgan fingerprint density at radius 2 is 1.91 bits per heavy atom. The summed E-state index contributed by atoms with van der Waals surface area (Å²) in [7, 11) is 0. The summed E-state index contributed by atoms with van der Waals surface area (Å²) in [6.45, 7) is 2.26. The number of hydrogen-bond acceptors (Lipinski definition) is 5. The number of nitrogens with one attached hydrogen (secondary N) is 1. The molecule has 0 aromatic heterocycles. The first-order chi connectivity index (χ1) is 15.6. The molecule has 6 nitrogen and oxygen atoms in total. The Labute approximate surface area is 192 Å². The van der Waals surface area contributed by atoms with Crippen molar-refractivity contribution in [3.05, 3.63) is 65.2 Å². The summed E-state index contributed by atoms with van der Waals surface area (Å²) in [5.74, 6) is -0.416. The van der Waals surface area contributed by atoms with Crippen LogP contribution in [0.4, 0.5) is 24.5 Å². The average molecular weight is 478 g/mol. The number of Topliss-reactive ketones (excluding diaryl/α,β-unsaturated/α-hetero) is 1. The molecule has 0 saturated heterocycles. The molecule has 2 aliphatic heterocycles. The molecule has 0 saturated carbocycles. The van der Waals surface area contributed by atoms with Crippen molar-refractivity contribution in [1.82, 2.24) is 0 Å². The van der Waals surface area contributed by atoms with Gasteiger partial charge in [0.1, 0.15) is 6.61 Å². The van der Waals surface area contributed by atoms with Crippen LogP contribution in [0.5, 0.6) is 5.75 Å². The number of aliphatic imine (C=N–C) groups is 1. The van der Waals surface area contributed by atoms with Crippen molar-refractivity contribution in [1.29, 1.82) is 0 Å². The Kier molecular flexibility index (Phi) is 5.92. The molecular formula is C23H19ClF3N3O3. The van der Waals surface area contributed by atoms with Crippen LogP contribution in [0.1, 0.15) is 22.8 Å². The van der Waals surface area contributed by atoms with E-state index in [2.05, 4.69) is 10.3 Å². The lowest BCUT2D eigenvalue weighted by Gasteiger charge is -2.42. The molecule has 1 atom stereocenters. The minimum absolute atomic E-state index is 0.165. The molecule has 0 radical (unpaired) electrons. The molecule has 2 aliphatic rings. The van der Waals surface area contributed by atoms with Gasteiger partial charge >= 0.3 is 6.18 Å². The lowest BCUT2D eigenvalue weighted by molar-refractivity contribution is -0.137. The summed E-state index contributed by atoms with van der Waals surface area (Å²) in [5, 5.41) is 2.59. The average Bonchev–Trinajstić information content (AvgIpc) is 2.78. The van der Waals surface area contributed by atoms with Gasteiger partial charge in [-0.25, -0.2) is 0 Å². The Balaban J connectivity index is 1.62. The number of para-hydroxylation sites is 1. The molecule has 0 spiro atoms. The number of amides is 1. The van der Waals surface area contributed by atoms with E-state index in [0.717, 1.165) is 12.1 Å². The summed E-state index contributed by atoms with van der Waals surface area (Å²) in [4.78, 5) is 29.7. The minimum Gasteiger partial charge on any atom is -0.489 e. The van der Waals surface area contributed by atoms with Gasteiger partial charge < -0.3 is 15.0 Å². The molecule has 2 aromatic rings. The van der Waals surface area contributed by atoms with Crippen molar-refractivity contribution in [2.45, 2.75) is 18.1 Å². The minimum atomic E-state index is -4.46. The fourth-order valence-electron chi connectivity index (χ4n) is 3.70. The summed E-state index contributed by atoms with van der Waals surface area (Å²) < 4.78 is 44.1. The fraction of sp³-hybridized carbons (Fsp3) is 0.261. The number of carbonyl (C=O) groups excluding carboxylic acids is 2. The molecular weight excluding hydrogens is 459 g/mol. The zero-order valence-electron chi connectivity index (χ0n) is 17.4. The molecule has 1 unspecified atom stereocenters. The van der Waals surface area contributed by atoms with Crippen LogP contribution in [-0.4, -0.2) is 42.6 Å². The number of allylic oxidation sites excluding steroid dienone is 1. The van der Waals surface area contributed by atoms with Crippen LogP contribution in [0.2, 0.25) is 0 Å². The van der Waals surface area contributed by atoms with Gasteiger partial charge in [0.25, 0.3) is 5.91 Å². The highest BCUT2D eigenvalue weighted by atomic mass is 35.5. The van der Waals surface area contributed by atoms with Crippen LogP contribution < -0.4 is 15.0 Å². The van der Waals surface area contributed by atoms with Gasteiger partial charge in [-0.2, -0.15) is 13.2 Å². The van der Waals surface area contributed by atoms with Crippen LogP contribution in [0.15, 0.2) is 59.1 Å². The molecule has 0 aliphatic carbocycles. The number of halogens is 4. The van der Waals surface area contributed by atoms with Gasteiger partial charge in [-0.15, -0.1) is 0 Å². The number of carbonyl (C=O) groups is 2. The first kappa shape index (κ1) is 22.8. The van der Waals surface area contributed by atoms with Gasteiger partial charge in [-0.1, -0.05) is 17.7 Å². The molecule has 2 heterocycles. The van der Waals surface area contributed by atoms with E-state index in [4.69, 9.17) is 16.3 Å². The number of ether oxygens (including phenoxy) is 1. The number of rotatable bonds is 4. The molecule has 10 heteroatoms. The smallest absolute Gasteiger partial charge is 0.416 e. The molecule has 172 valence electrons. The summed E-state index contributed by atoms with van der Waals surface area (Å²) in [6.07, 6.45) is -1.33. The van der Waals surface area contributed by atoms with Crippen molar-refractivity contribution in [2.75, 3.05) is 29.9 Å². The van der Waals surface area contributed by atoms with Gasteiger partial charge in [0, 0.05) is 17.5 Å². The lowest BCUT2D eigenvalue weighted by atomic mass is 10.0. The maximum Gasteiger partial charge on any atom is 0.416 e. The Morgan fingerprint density at radius 3 is 2.58 bits per heavy atom. The highest BCUT2D eigenvalue weighted by Crippen LogP contribution is 2.42. The predicted molar refractivity (Wildman–Crippen MR) is 119 cm³/mol. The highest BCUT2D eigenvalue weighted by molar-refractivity contribution is 6.29. The summed E-state index contributed by atoms with van der Waals surface area (Å²) in [6, 6.07) is 9.12. The third kappa shape index (κ3) is 4.59. The summed E-state index contributed by atoms with van der Waals surface area (Å²) >= 11 is 6.87. The van der Waals surface area contributed by atoms with Crippen molar-refractivity contribution in [2.24, 2.45) is 4.99 Å². The number of ketones is 1. The van der Waals surface area contributed by atoms with E-state index in [-0.39, 0.29) is 30.2 Å². The van der Waals surface area contributed by atoms with E-state index in [1.54, 1.807) is 24.3 Å². The Hall–Kier alpha value is -3.33. The largest absolute Gasteiger partial charge is 0.489 e. The highest BCUT2D eigenvalue weighted by Gasteiger charge is 2.39. The van der Waals surface area contributed by atoms with E-state index in [0.29, 0.717) is 23.6 Å². The third-order valence-electron chi connectivity index (χ3n) is 5.34. The fourth-order valence-corrected chi connectivity index (χ4v) is 4.07. The van der Waals surface area contributed by atoms with Crippen LogP contribution in [-0.2, 0) is 11.0 Å². The molecule has 0 bridgehead atoms. The van der Waals surface area contributed by atoms with Gasteiger partial charge in [0.2, 0.25) is 0 Å². The van der Waals surface area contributed by atoms with Gasteiger partial charge in [0.15, 0.2) is 16.5 Å². The van der Waals surface area contributed by atoms with E-state index in [1.807, 2.05) is 4.90 Å². The Bertz CT molecular complexity index is 1160. The van der Waals surface area contributed by atoms with Crippen molar-refractivity contribution in [3.8, 4) is 5.75 Å². The molecule has 33 heavy (non-hydrogen) atoms. The number of hydrogen-bond donors (Lipinski definition) is 1. The van der Waals surface area contributed by atoms with E-state index >= 15 is 0 Å². The molecule has 0 fully saturated rings. The van der Waals surface area contributed by atoms with Crippen LogP contribution >= 0.6 is 11.6 Å². The van der Waals surface area contributed by atoms with Crippen LogP contribution in [0.3, 0.4) is 0 Å². The van der Waals surface area contributed by atoms with Gasteiger partial charge in [-0.05, 0) is 49.4 Å².